The number of halogens is 1. The van der Waals surface area contributed by atoms with Crippen molar-refractivity contribution < 1.29 is 4.55 Å². The molecule has 1 nitrogen and oxygen atoms in total. The third kappa shape index (κ3) is 2.01. The Bertz CT molecular complexity index is 195. The molecule has 0 heterocycles. The average molecular weight is 219 g/mol. The fraction of sp³-hybridized carbons (Fsp3) is 0.143. The van der Waals surface area contributed by atoms with Gasteiger partial charge in [0.25, 0.3) is 0 Å². The van der Waals surface area contributed by atoms with Crippen molar-refractivity contribution >= 4 is 28.0 Å². The maximum Gasteiger partial charge on any atom is 0.0353 e. The third-order valence-electron chi connectivity index (χ3n) is 1.16. The largest absolute Gasteiger partial charge is 0.325 e. The van der Waals surface area contributed by atoms with Crippen molar-refractivity contribution in [2.45, 2.75) is 10.2 Å². The number of alkyl halides is 1. The Hall–Kier alpha value is 0.01000. The molecule has 0 unspecified atom stereocenters. The van der Waals surface area contributed by atoms with Gasteiger partial charge in [0.2, 0.25) is 0 Å². The molecule has 0 aliphatic carbocycles. The zero-order valence-corrected chi connectivity index (χ0v) is 7.65. The fourth-order valence-electron chi connectivity index (χ4n) is 0.685. The monoisotopic (exact) mass is 218 g/mol. The van der Waals surface area contributed by atoms with Crippen LogP contribution in [-0.4, -0.2) is 4.55 Å². The van der Waals surface area contributed by atoms with Crippen molar-refractivity contribution in [2.75, 3.05) is 0 Å². The topological polar surface area (TPSA) is 20.2 Å². The smallest absolute Gasteiger partial charge is 0.0353 e. The van der Waals surface area contributed by atoms with Crippen LogP contribution in [0.5, 0.6) is 0 Å². The summed E-state index contributed by atoms with van der Waals surface area (Å²) >= 11 is 4.11. The lowest BCUT2D eigenvalue weighted by molar-refractivity contribution is 0.663. The van der Waals surface area contributed by atoms with E-state index in [2.05, 4.69) is 15.9 Å². The summed E-state index contributed by atoms with van der Waals surface area (Å²) in [5, 5.41) is 0.835. The molecule has 3 heteroatoms. The van der Waals surface area contributed by atoms with Crippen LogP contribution in [-0.2, 0) is 5.33 Å². The lowest BCUT2D eigenvalue weighted by atomic mass is 10.2. The van der Waals surface area contributed by atoms with E-state index in [-0.39, 0.29) is 0 Å². The maximum atomic E-state index is 8.66. The summed E-state index contributed by atoms with van der Waals surface area (Å²) in [5.41, 5.74) is 1.18. The van der Waals surface area contributed by atoms with Crippen molar-refractivity contribution in [3.63, 3.8) is 0 Å². The highest BCUT2D eigenvalue weighted by atomic mass is 79.9. The van der Waals surface area contributed by atoms with Gasteiger partial charge in [-0.15, -0.1) is 0 Å². The third-order valence-corrected chi connectivity index (χ3v) is 2.27. The van der Waals surface area contributed by atoms with Crippen molar-refractivity contribution in [3.05, 3.63) is 29.8 Å². The van der Waals surface area contributed by atoms with Gasteiger partial charge in [-0.25, -0.2) is 0 Å². The second-order valence-corrected chi connectivity index (χ2v) is 3.09. The summed E-state index contributed by atoms with van der Waals surface area (Å²) in [7, 11) is 0. The molecule has 0 aromatic heterocycles. The van der Waals surface area contributed by atoms with Crippen molar-refractivity contribution in [2.24, 2.45) is 0 Å². The lowest BCUT2D eigenvalue weighted by Gasteiger charge is -1.96. The van der Waals surface area contributed by atoms with Gasteiger partial charge in [-0.1, -0.05) is 28.1 Å². The van der Waals surface area contributed by atoms with E-state index >= 15 is 0 Å². The molecule has 0 saturated heterocycles. The summed E-state index contributed by atoms with van der Waals surface area (Å²) < 4.78 is 8.66. The molecule has 0 aliphatic heterocycles. The SMILES string of the molecule is OSc1cccc(CBr)c1. The van der Waals surface area contributed by atoms with Crippen LogP contribution in [0, 0.1) is 0 Å². The zero-order valence-electron chi connectivity index (χ0n) is 5.25. The quantitative estimate of drug-likeness (QED) is 0.609. The molecule has 0 spiro atoms. The Morgan fingerprint density at radius 3 is 2.90 bits per heavy atom. The molecule has 1 aromatic carbocycles. The summed E-state index contributed by atoms with van der Waals surface area (Å²) in [5.74, 6) is 0. The Labute approximate surface area is 72.8 Å². The second kappa shape index (κ2) is 4.01. The first-order chi connectivity index (χ1) is 4.86. The molecule has 0 fully saturated rings. The van der Waals surface area contributed by atoms with Gasteiger partial charge in [-0.3, -0.25) is 0 Å². The normalized spacial score (nSPS) is 9.80. The molecule has 0 saturated carbocycles. The van der Waals surface area contributed by atoms with Crippen molar-refractivity contribution in [1.29, 1.82) is 0 Å². The Morgan fingerprint density at radius 2 is 2.30 bits per heavy atom. The first-order valence-electron chi connectivity index (χ1n) is 2.83. The molecular weight excluding hydrogens is 212 g/mol. The van der Waals surface area contributed by atoms with Crippen LogP contribution in [0.2, 0.25) is 0 Å². The van der Waals surface area contributed by atoms with Gasteiger partial charge in [-0.05, 0) is 17.7 Å². The molecule has 1 N–H and O–H groups in total. The average Bonchev–Trinajstić information content (AvgIpc) is 2.05. The fourth-order valence-corrected chi connectivity index (χ4v) is 1.38. The molecular formula is C7H7BrOS. The zero-order chi connectivity index (χ0) is 7.40. The van der Waals surface area contributed by atoms with Crippen molar-refractivity contribution in [3.8, 4) is 0 Å². The summed E-state index contributed by atoms with van der Waals surface area (Å²) in [4.78, 5) is 0.886. The van der Waals surface area contributed by atoms with Gasteiger partial charge in [0.1, 0.15) is 0 Å². The minimum Gasteiger partial charge on any atom is -0.325 e. The minimum atomic E-state index is 0.777. The number of hydrogen-bond donors (Lipinski definition) is 1. The standard InChI is InChI=1S/C7H7BrOS/c8-5-6-2-1-3-7(4-6)10-9/h1-4,9H,5H2. The van der Waals surface area contributed by atoms with E-state index in [4.69, 9.17) is 4.55 Å². The molecule has 0 radical (unpaired) electrons. The van der Waals surface area contributed by atoms with E-state index in [9.17, 15) is 0 Å². The summed E-state index contributed by atoms with van der Waals surface area (Å²) in [6.07, 6.45) is 0. The van der Waals surface area contributed by atoms with Gasteiger partial charge in [0.05, 0.1) is 0 Å². The molecule has 0 atom stereocenters. The van der Waals surface area contributed by atoms with E-state index in [0.29, 0.717) is 0 Å². The Kier molecular flexibility index (Phi) is 3.25. The van der Waals surface area contributed by atoms with E-state index in [0.717, 1.165) is 22.3 Å². The summed E-state index contributed by atoms with van der Waals surface area (Å²) in [6.45, 7) is 0. The van der Waals surface area contributed by atoms with Crippen molar-refractivity contribution in [1.82, 2.24) is 0 Å². The molecule has 1 rings (SSSR count). The highest BCUT2D eigenvalue weighted by Gasteiger charge is 1.92. The van der Waals surface area contributed by atoms with Crippen LogP contribution in [0.25, 0.3) is 0 Å². The first kappa shape index (κ1) is 8.11. The number of hydrogen-bond acceptors (Lipinski definition) is 2. The van der Waals surface area contributed by atoms with Crippen LogP contribution in [0.4, 0.5) is 0 Å². The number of benzene rings is 1. The molecule has 1 aromatic rings. The van der Waals surface area contributed by atoms with Crippen LogP contribution < -0.4 is 0 Å². The van der Waals surface area contributed by atoms with E-state index in [1.54, 1.807) is 0 Å². The highest BCUT2D eigenvalue weighted by molar-refractivity contribution is 9.08. The van der Waals surface area contributed by atoms with Crippen LogP contribution in [0.3, 0.4) is 0 Å². The molecule has 0 bridgehead atoms. The van der Waals surface area contributed by atoms with Gasteiger partial charge in [-0.2, -0.15) is 0 Å². The summed E-state index contributed by atoms with van der Waals surface area (Å²) in [6, 6.07) is 7.75. The van der Waals surface area contributed by atoms with Gasteiger partial charge < -0.3 is 4.55 Å². The predicted octanol–water partition coefficient (Wildman–Crippen LogP) is 3.15. The Balaban J connectivity index is 2.87. The molecule has 10 heavy (non-hydrogen) atoms. The van der Waals surface area contributed by atoms with E-state index < -0.39 is 0 Å². The molecule has 54 valence electrons. The highest BCUT2D eigenvalue weighted by Crippen LogP contribution is 2.16. The minimum absolute atomic E-state index is 0.777. The van der Waals surface area contributed by atoms with Crippen LogP contribution >= 0.6 is 28.0 Å². The van der Waals surface area contributed by atoms with Gasteiger partial charge in [0, 0.05) is 22.3 Å². The predicted molar refractivity (Wildman–Crippen MR) is 47.6 cm³/mol. The van der Waals surface area contributed by atoms with Crippen LogP contribution in [0.15, 0.2) is 29.2 Å². The number of rotatable bonds is 2. The van der Waals surface area contributed by atoms with E-state index in [1.807, 2.05) is 24.3 Å². The Morgan fingerprint density at radius 1 is 1.50 bits per heavy atom. The second-order valence-electron chi connectivity index (χ2n) is 1.87. The molecule has 0 aliphatic rings. The van der Waals surface area contributed by atoms with Crippen LogP contribution in [0.1, 0.15) is 5.56 Å². The maximum absolute atomic E-state index is 8.66. The molecule has 0 amide bonds. The van der Waals surface area contributed by atoms with E-state index in [1.165, 1.54) is 5.56 Å². The van der Waals surface area contributed by atoms with Gasteiger partial charge >= 0.3 is 0 Å². The lowest BCUT2D eigenvalue weighted by Crippen LogP contribution is -1.76. The van der Waals surface area contributed by atoms with Gasteiger partial charge in [0.15, 0.2) is 0 Å². The first-order valence-corrected chi connectivity index (χ1v) is 4.72.